The van der Waals surface area contributed by atoms with Gasteiger partial charge in [0, 0.05) is 37.3 Å². The summed E-state index contributed by atoms with van der Waals surface area (Å²) in [6, 6.07) is 1.51. The van der Waals surface area contributed by atoms with Gasteiger partial charge in [0.25, 0.3) is 0 Å². The SMILES string of the molecule is CC1CCC(CN)(N2CC3CCCN3CC2C)C1. The highest BCUT2D eigenvalue weighted by Gasteiger charge is 2.47. The summed E-state index contributed by atoms with van der Waals surface area (Å²) < 4.78 is 0. The van der Waals surface area contributed by atoms with Crippen LogP contribution in [-0.2, 0) is 0 Å². The quantitative estimate of drug-likeness (QED) is 0.810. The molecular formula is C15H29N3. The topological polar surface area (TPSA) is 32.5 Å². The molecule has 0 aromatic heterocycles. The summed E-state index contributed by atoms with van der Waals surface area (Å²) in [5.41, 5.74) is 6.53. The summed E-state index contributed by atoms with van der Waals surface area (Å²) in [7, 11) is 0. The summed E-state index contributed by atoms with van der Waals surface area (Å²) in [4.78, 5) is 5.51. The highest BCUT2D eigenvalue weighted by atomic mass is 15.3. The van der Waals surface area contributed by atoms with Gasteiger partial charge in [0.2, 0.25) is 0 Å². The van der Waals surface area contributed by atoms with Crippen LogP contribution in [0.5, 0.6) is 0 Å². The largest absolute Gasteiger partial charge is 0.329 e. The minimum Gasteiger partial charge on any atom is -0.329 e. The van der Waals surface area contributed by atoms with Crippen LogP contribution in [0.25, 0.3) is 0 Å². The van der Waals surface area contributed by atoms with Crippen molar-refractivity contribution in [1.29, 1.82) is 0 Å². The Morgan fingerprint density at radius 2 is 2.06 bits per heavy atom. The summed E-state index contributed by atoms with van der Waals surface area (Å²) in [5.74, 6) is 0.863. The molecule has 1 saturated carbocycles. The van der Waals surface area contributed by atoms with Crippen molar-refractivity contribution in [3.8, 4) is 0 Å². The van der Waals surface area contributed by atoms with Crippen LogP contribution in [0.1, 0.15) is 46.0 Å². The van der Waals surface area contributed by atoms with Crippen LogP contribution in [0, 0.1) is 5.92 Å². The number of piperazine rings is 1. The molecule has 0 spiro atoms. The van der Waals surface area contributed by atoms with E-state index >= 15 is 0 Å². The van der Waals surface area contributed by atoms with E-state index in [1.165, 1.54) is 51.7 Å². The molecule has 2 heterocycles. The lowest BCUT2D eigenvalue weighted by atomic mass is 9.90. The highest BCUT2D eigenvalue weighted by Crippen LogP contribution is 2.41. The van der Waals surface area contributed by atoms with E-state index in [4.69, 9.17) is 5.73 Å². The standard InChI is InChI=1S/C15H29N3/c1-12-5-6-15(8-12,11-16)18-10-14-4-3-7-17(14)9-13(18)2/h12-14H,3-11,16H2,1-2H3. The lowest BCUT2D eigenvalue weighted by Gasteiger charge is -2.51. The van der Waals surface area contributed by atoms with E-state index in [1.54, 1.807) is 0 Å². The van der Waals surface area contributed by atoms with Crippen molar-refractivity contribution in [3.63, 3.8) is 0 Å². The molecule has 104 valence electrons. The third kappa shape index (κ3) is 2.00. The van der Waals surface area contributed by atoms with Crippen molar-refractivity contribution in [2.45, 2.75) is 63.6 Å². The van der Waals surface area contributed by atoms with E-state index in [-0.39, 0.29) is 0 Å². The minimum absolute atomic E-state index is 0.327. The van der Waals surface area contributed by atoms with Gasteiger partial charge in [-0.05, 0) is 51.5 Å². The maximum absolute atomic E-state index is 6.21. The summed E-state index contributed by atoms with van der Waals surface area (Å²) in [6.07, 6.45) is 6.81. The first kappa shape index (κ1) is 12.9. The molecule has 3 aliphatic rings. The summed E-state index contributed by atoms with van der Waals surface area (Å²) in [6.45, 7) is 9.53. The fourth-order valence-electron chi connectivity index (χ4n) is 4.78. The Bertz CT molecular complexity index is 306. The zero-order chi connectivity index (χ0) is 12.8. The highest BCUT2D eigenvalue weighted by molar-refractivity contribution is 5.04. The molecule has 2 N–H and O–H groups in total. The second-order valence-corrected chi connectivity index (χ2v) is 7.07. The predicted molar refractivity (Wildman–Crippen MR) is 75.6 cm³/mol. The van der Waals surface area contributed by atoms with Gasteiger partial charge in [-0.25, -0.2) is 0 Å². The first-order chi connectivity index (χ1) is 8.64. The molecule has 4 unspecified atom stereocenters. The van der Waals surface area contributed by atoms with E-state index in [2.05, 4.69) is 23.6 Å². The normalized spacial score (nSPS) is 46.5. The first-order valence-electron chi connectivity index (χ1n) is 7.85. The molecule has 3 nitrogen and oxygen atoms in total. The van der Waals surface area contributed by atoms with Crippen LogP contribution in [-0.4, -0.2) is 53.6 Å². The zero-order valence-corrected chi connectivity index (χ0v) is 12.1. The fraction of sp³-hybridized carbons (Fsp3) is 1.00. The number of hydrogen-bond donors (Lipinski definition) is 1. The number of nitrogens with two attached hydrogens (primary N) is 1. The van der Waals surface area contributed by atoms with E-state index in [9.17, 15) is 0 Å². The third-order valence-electron chi connectivity index (χ3n) is 5.76. The Labute approximate surface area is 112 Å². The molecule has 3 fully saturated rings. The number of hydrogen-bond acceptors (Lipinski definition) is 3. The van der Waals surface area contributed by atoms with E-state index < -0.39 is 0 Å². The molecule has 0 bridgehead atoms. The molecule has 2 aliphatic heterocycles. The minimum atomic E-state index is 0.327. The van der Waals surface area contributed by atoms with Gasteiger partial charge < -0.3 is 5.73 Å². The van der Waals surface area contributed by atoms with Crippen molar-refractivity contribution >= 4 is 0 Å². The number of nitrogens with zero attached hydrogens (tertiary/aromatic N) is 2. The Hall–Kier alpha value is -0.120. The molecule has 1 aliphatic carbocycles. The average molecular weight is 251 g/mol. The predicted octanol–water partition coefficient (Wildman–Crippen LogP) is 1.67. The molecule has 3 rings (SSSR count). The van der Waals surface area contributed by atoms with Crippen molar-refractivity contribution in [1.82, 2.24) is 9.80 Å². The van der Waals surface area contributed by atoms with Gasteiger partial charge in [-0.15, -0.1) is 0 Å². The smallest absolute Gasteiger partial charge is 0.0338 e. The van der Waals surface area contributed by atoms with E-state index in [0.717, 1.165) is 18.5 Å². The first-order valence-corrected chi connectivity index (χ1v) is 7.85. The Balaban J connectivity index is 1.77. The fourth-order valence-corrected chi connectivity index (χ4v) is 4.78. The second-order valence-electron chi connectivity index (χ2n) is 7.07. The van der Waals surface area contributed by atoms with Crippen LogP contribution in [0.4, 0.5) is 0 Å². The third-order valence-corrected chi connectivity index (χ3v) is 5.76. The van der Waals surface area contributed by atoms with Gasteiger partial charge >= 0.3 is 0 Å². The Kier molecular flexibility index (Phi) is 3.41. The number of rotatable bonds is 2. The molecule has 0 amide bonds. The number of fused-ring (bicyclic) bond motifs is 1. The average Bonchev–Trinajstić information content (AvgIpc) is 2.94. The van der Waals surface area contributed by atoms with Gasteiger partial charge in [0.1, 0.15) is 0 Å². The van der Waals surface area contributed by atoms with Crippen molar-refractivity contribution in [3.05, 3.63) is 0 Å². The lowest BCUT2D eigenvalue weighted by molar-refractivity contribution is -0.0194. The van der Waals surface area contributed by atoms with E-state index in [1.807, 2.05) is 0 Å². The van der Waals surface area contributed by atoms with Crippen LogP contribution < -0.4 is 5.73 Å². The van der Waals surface area contributed by atoms with Gasteiger partial charge in [-0.3, -0.25) is 9.80 Å². The summed E-state index contributed by atoms with van der Waals surface area (Å²) in [5, 5.41) is 0. The van der Waals surface area contributed by atoms with Crippen molar-refractivity contribution < 1.29 is 0 Å². The Morgan fingerprint density at radius 3 is 2.72 bits per heavy atom. The zero-order valence-electron chi connectivity index (χ0n) is 12.1. The molecule has 0 aromatic carbocycles. The van der Waals surface area contributed by atoms with Gasteiger partial charge in [0.15, 0.2) is 0 Å². The van der Waals surface area contributed by atoms with Gasteiger partial charge in [-0.2, -0.15) is 0 Å². The van der Waals surface area contributed by atoms with Crippen LogP contribution >= 0.6 is 0 Å². The molecule has 4 atom stereocenters. The maximum Gasteiger partial charge on any atom is 0.0338 e. The summed E-state index contributed by atoms with van der Waals surface area (Å²) >= 11 is 0. The van der Waals surface area contributed by atoms with Crippen LogP contribution in [0.3, 0.4) is 0 Å². The molecular weight excluding hydrogens is 222 g/mol. The molecule has 3 heteroatoms. The molecule has 0 aromatic rings. The van der Waals surface area contributed by atoms with Crippen molar-refractivity contribution in [2.75, 3.05) is 26.2 Å². The lowest BCUT2D eigenvalue weighted by Crippen LogP contribution is -2.64. The van der Waals surface area contributed by atoms with Crippen LogP contribution in [0.15, 0.2) is 0 Å². The van der Waals surface area contributed by atoms with E-state index in [0.29, 0.717) is 11.6 Å². The molecule has 0 radical (unpaired) electrons. The van der Waals surface area contributed by atoms with Gasteiger partial charge in [0.05, 0.1) is 0 Å². The maximum atomic E-state index is 6.21. The molecule has 2 saturated heterocycles. The Morgan fingerprint density at radius 1 is 1.22 bits per heavy atom. The van der Waals surface area contributed by atoms with Crippen LogP contribution in [0.2, 0.25) is 0 Å². The second kappa shape index (κ2) is 4.77. The molecule has 18 heavy (non-hydrogen) atoms. The van der Waals surface area contributed by atoms with Crippen molar-refractivity contribution in [2.24, 2.45) is 11.7 Å². The van der Waals surface area contributed by atoms with Gasteiger partial charge in [-0.1, -0.05) is 6.92 Å². The monoisotopic (exact) mass is 251 g/mol.